The Bertz CT molecular complexity index is 522. The zero-order valence-corrected chi connectivity index (χ0v) is 11.9. The number of nitrogens with zero attached hydrogens (tertiary/aromatic N) is 1. The Morgan fingerprint density at radius 3 is 2.61 bits per heavy atom. The predicted molar refractivity (Wildman–Crippen MR) is 68.5 cm³/mol. The minimum Gasteiger partial charge on any atom is -0.475 e. The van der Waals surface area contributed by atoms with Gasteiger partial charge in [-0.1, -0.05) is 0 Å². The van der Waals surface area contributed by atoms with E-state index in [-0.39, 0.29) is 16.9 Å². The Morgan fingerprint density at radius 2 is 2.17 bits per heavy atom. The van der Waals surface area contributed by atoms with Gasteiger partial charge in [0.25, 0.3) is 10.0 Å². The molecule has 6 nitrogen and oxygen atoms in total. The first kappa shape index (κ1) is 15.1. The van der Waals surface area contributed by atoms with Gasteiger partial charge in [-0.15, -0.1) is 0 Å². The summed E-state index contributed by atoms with van der Waals surface area (Å²) in [6.45, 7) is 1.77. The van der Waals surface area contributed by atoms with Gasteiger partial charge in [-0.2, -0.15) is 16.1 Å². The number of rotatable bonds is 6. The van der Waals surface area contributed by atoms with E-state index in [2.05, 4.69) is 0 Å². The maximum atomic E-state index is 12.1. The van der Waals surface area contributed by atoms with Gasteiger partial charge in [0.15, 0.2) is 0 Å². The van der Waals surface area contributed by atoms with Crippen molar-refractivity contribution in [2.45, 2.75) is 18.1 Å². The smallest absolute Gasteiger partial charge is 0.371 e. The summed E-state index contributed by atoms with van der Waals surface area (Å²) in [5.74, 6) is -1.04. The van der Waals surface area contributed by atoms with Crippen LogP contribution in [0.5, 0.6) is 0 Å². The van der Waals surface area contributed by atoms with Crippen LogP contribution in [0.25, 0.3) is 0 Å². The maximum Gasteiger partial charge on any atom is 0.371 e. The molecule has 0 spiro atoms. The quantitative estimate of drug-likeness (QED) is 0.851. The van der Waals surface area contributed by atoms with Gasteiger partial charge in [0, 0.05) is 18.8 Å². The Hall–Kier alpha value is -0.990. The van der Waals surface area contributed by atoms with E-state index in [1.165, 1.54) is 23.1 Å². The summed E-state index contributed by atoms with van der Waals surface area (Å²) in [6, 6.07) is 2.08. The van der Waals surface area contributed by atoms with Crippen molar-refractivity contribution in [1.82, 2.24) is 4.31 Å². The summed E-state index contributed by atoms with van der Waals surface area (Å²) in [5.41, 5.74) is 0. The molecule has 0 saturated heterocycles. The predicted octanol–water partition coefficient (Wildman–Crippen LogP) is 1.35. The van der Waals surface area contributed by atoms with Crippen LogP contribution in [-0.4, -0.2) is 48.9 Å². The van der Waals surface area contributed by atoms with Crippen LogP contribution in [0.15, 0.2) is 21.6 Å². The Kier molecular flexibility index (Phi) is 4.83. The molecule has 0 aromatic carbocycles. The van der Waals surface area contributed by atoms with Crippen molar-refractivity contribution < 1.29 is 22.7 Å². The van der Waals surface area contributed by atoms with Crippen LogP contribution in [0, 0.1) is 0 Å². The monoisotopic (exact) mass is 293 g/mol. The van der Waals surface area contributed by atoms with Crippen LogP contribution in [-0.2, 0) is 10.0 Å². The summed E-state index contributed by atoms with van der Waals surface area (Å²) < 4.78 is 30.2. The van der Waals surface area contributed by atoms with Crippen LogP contribution in [0.4, 0.5) is 0 Å². The molecule has 0 saturated carbocycles. The number of sulfonamides is 1. The third-order valence-corrected chi connectivity index (χ3v) is 5.12. The van der Waals surface area contributed by atoms with E-state index < -0.39 is 16.0 Å². The SMILES string of the molecule is CSCC(C)N(C)S(=O)(=O)c1ccc(C(=O)O)o1. The zero-order valence-electron chi connectivity index (χ0n) is 10.3. The maximum absolute atomic E-state index is 12.1. The van der Waals surface area contributed by atoms with Crippen molar-refractivity contribution in [2.24, 2.45) is 0 Å². The molecule has 1 unspecified atom stereocenters. The number of carbonyl (C=O) groups is 1. The van der Waals surface area contributed by atoms with Crippen LogP contribution >= 0.6 is 11.8 Å². The van der Waals surface area contributed by atoms with Crippen LogP contribution in [0.1, 0.15) is 17.5 Å². The molecule has 1 atom stereocenters. The largest absolute Gasteiger partial charge is 0.475 e. The molecular formula is C10H15NO5S2. The van der Waals surface area contributed by atoms with Gasteiger partial charge in [0.2, 0.25) is 10.9 Å². The normalized spacial score (nSPS) is 13.8. The van der Waals surface area contributed by atoms with Crippen molar-refractivity contribution in [3.05, 3.63) is 17.9 Å². The number of carboxylic acid groups (broad SMARTS) is 1. The summed E-state index contributed by atoms with van der Waals surface area (Å²) in [5, 5.41) is 8.34. The molecule has 0 fully saturated rings. The number of carboxylic acids is 1. The second kappa shape index (κ2) is 5.77. The Labute approximate surface area is 110 Å². The lowest BCUT2D eigenvalue weighted by Gasteiger charge is -2.22. The minimum atomic E-state index is -3.78. The van der Waals surface area contributed by atoms with Gasteiger partial charge in [0.05, 0.1) is 0 Å². The van der Waals surface area contributed by atoms with Crippen LogP contribution in [0.3, 0.4) is 0 Å². The van der Waals surface area contributed by atoms with Crippen LogP contribution < -0.4 is 0 Å². The lowest BCUT2D eigenvalue weighted by atomic mass is 10.4. The second-order valence-corrected chi connectivity index (χ2v) is 6.59. The van der Waals surface area contributed by atoms with E-state index in [1.807, 2.05) is 6.26 Å². The minimum absolute atomic E-state index is 0.205. The van der Waals surface area contributed by atoms with E-state index in [0.29, 0.717) is 5.75 Å². The van der Waals surface area contributed by atoms with Crippen LogP contribution in [0.2, 0.25) is 0 Å². The molecule has 8 heteroatoms. The molecule has 0 aliphatic heterocycles. The average Bonchev–Trinajstić information content (AvgIpc) is 2.78. The highest BCUT2D eigenvalue weighted by Gasteiger charge is 2.28. The van der Waals surface area contributed by atoms with Crippen molar-refractivity contribution in [3.8, 4) is 0 Å². The van der Waals surface area contributed by atoms with Gasteiger partial charge in [-0.25, -0.2) is 13.2 Å². The van der Waals surface area contributed by atoms with Crippen molar-refractivity contribution in [3.63, 3.8) is 0 Å². The first-order valence-corrected chi connectivity index (χ1v) is 7.94. The molecule has 0 aliphatic carbocycles. The van der Waals surface area contributed by atoms with Gasteiger partial charge >= 0.3 is 5.97 Å². The Balaban J connectivity index is 3.01. The number of furan rings is 1. The van der Waals surface area contributed by atoms with E-state index >= 15 is 0 Å². The van der Waals surface area contributed by atoms with Gasteiger partial charge in [-0.3, -0.25) is 0 Å². The molecule has 1 rings (SSSR count). The molecule has 1 heterocycles. The Morgan fingerprint density at radius 1 is 1.56 bits per heavy atom. The third kappa shape index (κ3) is 3.06. The average molecular weight is 293 g/mol. The highest BCUT2D eigenvalue weighted by molar-refractivity contribution is 7.98. The summed E-state index contributed by atoms with van der Waals surface area (Å²) >= 11 is 1.53. The first-order chi connectivity index (χ1) is 8.30. The molecule has 0 aliphatic rings. The number of hydrogen-bond acceptors (Lipinski definition) is 5. The van der Waals surface area contributed by atoms with Crippen molar-refractivity contribution in [1.29, 1.82) is 0 Å². The number of hydrogen-bond donors (Lipinski definition) is 1. The number of aromatic carboxylic acids is 1. The molecular weight excluding hydrogens is 278 g/mol. The zero-order chi connectivity index (χ0) is 13.9. The molecule has 1 N–H and O–H groups in total. The fourth-order valence-corrected chi connectivity index (χ4v) is 3.37. The summed E-state index contributed by atoms with van der Waals surface area (Å²) in [6.07, 6.45) is 1.88. The molecule has 0 amide bonds. The molecule has 0 radical (unpaired) electrons. The lowest BCUT2D eigenvalue weighted by Crippen LogP contribution is -2.36. The molecule has 1 aromatic rings. The van der Waals surface area contributed by atoms with Crippen molar-refractivity contribution in [2.75, 3.05) is 19.1 Å². The lowest BCUT2D eigenvalue weighted by molar-refractivity contribution is 0.0656. The highest BCUT2D eigenvalue weighted by atomic mass is 32.2. The van der Waals surface area contributed by atoms with Gasteiger partial charge < -0.3 is 9.52 Å². The van der Waals surface area contributed by atoms with Gasteiger partial charge in [-0.05, 0) is 25.3 Å². The summed E-state index contributed by atoms with van der Waals surface area (Å²) in [7, 11) is -2.34. The molecule has 18 heavy (non-hydrogen) atoms. The van der Waals surface area contributed by atoms with E-state index in [1.54, 1.807) is 6.92 Å². The van der Waals surface area contributed by atoms with Crippen molar-refractivity contribution >= 4 is 27.8 Å². The fourth-order valence-electron chi connectivity index (χ4n) is 1.30. The molecule has 0 bridgehead atoms. The highest BCUT2D eigenvalue weighted by Crippen LogP contribution is 2.20. The fraction of sp³-hybridized carbons (Fsp3) is 0.500. The number of thioether (sulfide) groups is 1. The standard InChI is InChI=1S/C10H15NO5S2/c1-7(6-17-3)11(2)18(14,15)9-5-4-8(16-9)10(12)13/h4-5,7H,6H2,1-3H3,(H,12,13). The van der Waals surface area contributed by atoms with Gasteiger partial charge in [0.1, 0.15) is 0 Å². The topological polar surface area (TPSA) is 87.8 Å². The molecule has 102 valence electrons. The summed E-state index contributed by atoms with van der Waals surface area (Å²) in [4.78, 5) is 10.6. The third-order valence-electron chi connectivity index (χ3n) is 2.45. The van der Waals surface area contributed by atoms with E-state index in [4.69, 9.17) is 9.52 Å². The molecule has 1 aromatic heterocycles. The van der Waals surface area contributed by atoms with E-state index in [9.17, 15) is 13.2 Å². The first-order valence-electron chi connectivity index (χ1n) is 5.10. The second-order valence-electron chi connectivity index (χ2n) is 3.75. The van der Waals surface area contributed by atoms with E-state index in [0.717, 1.165) is 12.1 Å².